The summed E-state index contributed by atoms with van der Waals surface area (Å²) in [6, 6.07) is 3.67. The van der Waals surface area contributed by atoms with E-state index in [1.807, 2.05) is 4.57 Å². The van der Waals surface area contributed by atoms with Crippen LogP contribution in [0.3, 0.4) is 0 Å². The molecule has 0 spiro atoms. The van der Waals surface area contributed by atoms with E-state index in [0.29, 0.717) is 11.0 Å². The molecule has 1 saturated carbocycles. The molecule has 174 valence electrons. The van der Waals surface area contributed by atoms with Gasteiger partial charge in [-0.05, 0) is 37.8 Å². The van der Waals surface area contributed by atoms with Crippen LogP contribution in [0, 0.1) is 0 Å². The van der Waals surface area contributed by atoms with E-state index in [1.54, 1.807) is 24.5 Å². The van der Waals surface area contributed by atoms with Gasteiger partial charge in [-0.15, -0.1) is 0 Å². The quantitative estimate of drug-likeness (QED) is 0.504. The zero-order valence-electron chi connectivity index (χ0n) is 17.8. The van der Waals surface area contributed by atoms with Gasteiger partial charge in [-0.2, -0.15) is 0 Å². The van der Waals surface area contributed by atoms with Crippen molar-refractivity contribution in [3.8, 4) is 0 Å². The number of carbonyl (C=O) groups excluding carboxylic acids is 1. The third kappa shape index (κ3) is 5.87. The number of nitrogens with two attached hydrogens (primary N) is 1. The van der Waals surface area contributed by atoms with E-state index in [1.165, 1.54) is 12.4 Å². The maximum absolute atomic E-state index is 13.0. The lowest BCUT2D eigenvalue weighted by Gasteiger charge is -2.29. The average Bonchev–Trinajstić information content (AvgIpc) is 2.77. The molecule has 0 radical (unpaired) electrons. The van der Waals surface area contributed by atoms with Crippen molar-refractivity contribution >= 4 is 51.8 Å². The fourth-order valence-corrected chi connectivity index (χ4v) is 4.17. The van der Waals surface area contributed by atoms with Crippen molar-refractivity contribution in [3.63, 3.8) is 0 Å². The van der Waals surface area contributed by atoms with E-state index >= 15 is 0 Å². The molecule has 4 N–H and O–H groups in total. The Morgan fingerprint density at radius 2 is 1.79 bits per heavy atom. The Bertz CT molecular complexity index is 1210. The molecule has 0 aliphatic heterocycles. The Morgan fingerprint density at radius 3 is 2.39 bits per heavy atom. The predicted molar refractivity (Wildman–Crippen MR) is 127 cm³/mol. The fourth-order valence-electron chi connectivity index (χ4n) is 3.72. The van der Waals surface area contributed by atoms with Gasteiger partial charge in [0.05, 0.1) is 21.1 Å². The summed E-state index contributed by atoms with van der Waals surface area (Å²) in [6.07, 6.45) is 9.45. The number of nitrogens with one attached hydrogen (secondary N) is 1. The number of carboxylic acids is 1. The zero-order chi connectivity index (χ0) is 24.1. The molecule has 0 aromatic carbocycles. The Hall–Kier alpha value is -3.01. The zero-order valence-corrected chi connectivity index (χ0v) is 19.3. The minimum Gasteiger partial charge on any atom is -0.481 e. The summed E-state index contributed by atoms with van der Waals surface area (Å²) in [5.74, 6) is -1.42. The molecule has 1 fully saturated rings. The molecule has 0 unspecified atom stereocenters. The normalized spacial score (nSPS) is 17.7. The van der Waals surface area contributed by atoms with Crippen LogP contribution in [-0.4, -0.2) is 37.6 Å². The number of carboxylic acid groups (broad SMARTS) is 1. The van der Waals surface area contributed by atoms with Gasteiger partial charge in [0.25, 0.3) is 11.9 Å². The SMILES string of the molecule is CC(=O)O.NC1CCC(n2cc(C(=O)Nc3c(Cl)cncc3Cl)c(=O)c3cccnc32)CC1. The number of anilines is 1. The van der Waals surface area contributed by atoms with Gasteiger partial charge in [0.1, 0.15) is 11.2 Å². The van der Waals surface area contributed by atoms with Gasteiger partial charge in [-0.25, -0.2) is 4.98 Å². The Balaban J connectivity index is 0.000000709. The van der Waals surface area contributed by atoms with Crippen LogP contribution in [0.1, 0.15) is 49.0 Å². The van der Waals surface area contributed by atoms with Crippen molar-refractivity contribution in [2.75, 3.05) is 5.32 Å². The third-order valence-corrected chi connectivity index (χ3v) is 5.83. The number of hydrogen-bond acceptors (Lipinski definition) is 6. The van der Waals surface area contributed by atoms with Crippen LogP contribution in [0.5, 0.6) is 0 Å². The van der Waals surface area contributed by atoms with Crippen LogP contribution in [0.4, 0.5) is 5.69 Å². The van der Waals surface area contributed by atoms with Gasteiger partial charge < -0.3 is 20.7 Å². The number of fused-ring (bicyclic) bond motifs is 1. The fraction of sp³-hybridized carbons (Fsp3) is 0.318. The van der Waals surface area contributed by atoms with Crippen LogP contribution in [-0.2, 0) is 4.79 Å². The summed E-state index contributed by atoms with van der Waals surface area (Å²) in [4.78, 5) is 43.2. The van der Waals surface area contributed by atoms with Crippen LogP contribution >= 0.6 is 23.2 Å². The molecule has 33 heavy (non-hydrogen) atoms. The monoisotopic (exact) mass is 491 g/mol. The highest BCUT2D eigenvalue weighted by molar-refractivity contribution is 6.39. The molecule has 9 nitrogen and oxygen atoms in total. The molecule has 1 aliphatic rings. The summed E-state index contributed by atoms with van der Waals surface area (Å²) in [6.45, 7) is 1.08. The number of halogens is 2. The summed E-state index contributed by atoms with van der Waals surface area (Å²) < 4.78 is 1.92. The molecule has 3 heterocycles. The van der Waals surface area contributed by atoms with E-state index in [4.69, 9.17) is 38.8 Å². The first-order chi connectivity index (χ1) is 15.7. The summed E-state index contributed by atoms with van der Waals surface area (Å²) >= 11 is 12.2. The Kier molecular flexibility index (Phi) is 8.01. The van der Waals surface area contributed by atoms with Gasteiger partial charge >= 0.3 is 0 Å². The van der Waals surface area contributed by atoms with Crippen molar-refractivity contribution in [2.24, 2.45) is 5.73 Å². The highest BCUT2D eigenvalue weighted by Gasteiger charge is 2.24. The highest BCUT2D eigenvalue weighted by atomic mass is 35.5. The molecule has 0 atom stereocenters. The molecule has 3 aromatic heterocycles. The van der Waals surface area contributed by atoms with Crippen molar-refractivity contribution in [3.05, 3.63) is 62.8 Å². The molecule has 0 bridgehead atoms. The van der Waals surface area contributed by atoms with Crippen LogP contribution in [0.25, 0.3) is 11.0 Å². The van der Waals surface area contributed by atoms with E-state index in [-0.39, 0.29) is 33.4 Å². The van der Waals surface area contributed by atoms with Gasteiger partial charge in [0.15, 0.2) is 0 Å². The third-order valence-electron chi connectivity index (χ3n) is 5.26. The van der Waals surface area contributed by atoms with E-state index in [2.05, 4.69) is 15.3 Å². The molecule has 1 aliphatic carbocycles. The van der Waals surface area contributed by atoms with Crippen molar-refractivity contribution in [2.45, 2.75) is 44.7 Å². The van der Waals surface area contributed by atoms with E-state index < -0.39 is 17.3 Å². The van der Waals surface area contributed by atoms with Crippen LogP contribution < -0.4 is 16.5 Å². The Morgan fingerprint density at radius 1 is 1.18 bits per heavy atom. The lowest BCUT2D eigenvalue weighted by Crippen LogP contribution is -2.30. The van der Waals surface area contributed by atoms with Gasteiger partial charge in [0.2, 0.25) is 5.43 Å². The molecule has 4 rings (SSSR count). The van der Waals surface area contributed by atoms with Gasteiger partial charge in [0, 0.05) is 43.8 Å². The minimum atomic E-state index is -0.833. The van der Waals surface area contributed by atoms with Crippen molar-refractivity contribution < 1.29 is 14.7 Å². The number of amides is 1. The largest absolute Gasteiger partial charge is 0.481 e. The smallest absolute Gasteiger partial charge is 0.300 e. The van der Waals surface area contributed by atoms with Crippen molar-refractivity contribution in [1.29, 1.82) is 0 Å². The maximum Gasteiger partial charge on any atom is 0.300 e. The first-order valence-electron chi connectivity index (χ1n) is 10.2. The second-order valence-corrected chi connectivity index (χ2v) is 8.49. The number of pyridine rings is 3. The first-order valence-corrected chi connectivity index (χ1v) is 11.0. The molecule has 3 aromatic rings. The maximum atomic E-state index is 13.0. The van der Waals surface area contributed by atoms with Gasteiger partial charge in [-0.3, -0.25) is 19.4 Å². The summed E-state index contributed by atoms with van der Waals surface area (Å²) in [5.41, 5.74) is 6.43. The van der Waals surface area contributed by atoms with E-state index in [9.17, 15) is 9.59 Å². The molecule has 1 amide bonds. The second-order valence-electron chi connectivity index (χ2n) is 7.67. The predicted octanol–water partition coefficient (Wildman–Crippen LogP) is 3.88. The number of aliphatic carboxylic acids is 1. The number of carbonyl (C=O) groups is 2. The number of aromatic nitrogens is 3. The molecular formula is C22H23Cl2N5O4. The average molecular weight is 492 g/mol. The van der Waals surface area contributed by atoms with Crippen LogP contribution in [0.2, 0.25) is 10.0 Å². The van der Waals surface area contributed by atoms with Crippen LogP contribution in [0.15, 0.2) is 41.7 Å². The topological polar surface area (TPSA) is 140 Å². The number of hydrogen-bond donors (Lipinski definition) is 3. The lowest BCUT2D eigenvalue weighted by molar-refractivity contribution is -0.134. The second kappa shape index (κ2) is 10.7. The standard InChI is InChI=1S/C20H19Cl2N5O2.C2H4O2/c21-15-8-24-9-16(22)17(15)26-20(29)14-10-27(12-5-3-11(23)4-6-12)19-13(18(14)28)2-1-7-25-19;1-2(3)4/h1-2,7-12H,3-6,23H2,(H,24,26,29);1H3,(H,3,4). The molecule has 11 heteroatoms. The van der Waals surface area contributed by atoms with Gasteiger partial charge in [-0.1, -0.05) is 23.2 Å². The first kappa shape index (κ1) is 24.6. The summed E-state index contributed by atoms with van der Waals surface area (Å²) in [7, 11) is 0. The molecular weight excluding hydrogens is 469 g/mol. The lowest BCUT2D eigenvalue weighted by atomic mass is 9.91. The molecule has 0 saturated heterocycles. The number of nitrogens with zero attached hydrogens (tertiary/aromatic N) is 3. The van der Waals surface area contributed by atoms with Crippen molar-refractivity contribution in [1.82, 2.24) is 14.5 Å². The highest BCUT2D eigenvalue weighted by Crippen LogP contribution is 2.31. The van der Waals surface area contributed by atoms with E-state index in [0.717, 1.165) is 32.6 Å². The minimum absolute atomic E-state index is 0.00400. The number of rotatable bonds is 3. The summed E-state index contributed by atoms with van der Waals surface area (Å²) in [5, 5.41) is 10.8. The Labute approximate surface area is 199 Å².